The van der Waals surface area contributed by atoms with Crippen molar-refractivity contribution in [2.75, 3.05) is 13.7 Å². The molecule has 0 fully saturated rings. The summed E-state index contributed by atoms with van der Waals surface area (Å²) in [5.41, 5.74) is 0.889. The zero-order valence-corrected chi connectivity index (χ0v) is 9.88. The highest BCUT2D eigenvalue weighted by molar-refractivity contribution is 5.93. The van der Waals surface area contributed by atoms with Gasteiger partial charge >= 0.3 is 5.97 Å². The van der Waals surface area contributed by atoms with Crippen LogP contribution in [0.4, 0.5) is 0 Å². The minimum atomic E-state index is -0.593. The van der Waals surface area contributed by atoms with E-state index in [1.54, 1.807) is 13.0 Å². The summed E-state index contributed by atoms with van der Waals surface area (Å²) in [4.78, 5) is 13.2. The largest absolute Gasteiger partial charge is 0.462 e. The number of likely N-dealkylation sites (N-methyl/N-ethyl adjacent to an activating group) is 1. The Morgan fingerprint density at radius 3 is 2.94 bits per heavy atom. The van der Waals surface area contributed by atoms with Crippen LogP contribution in [0.5, 0.6) is 0 Å². The van der Waals surface area contributed by atoms with Crippen LogP contribution in [0.25, 0.3) is 0 Å². The first kappa shape index (κ1) is 12.8. The molecule has 0 aromatic carbocycles. The van der Waals surface area contributed by atoms with Gasteiger partial charge in [-0.1, -0.05) is 6.08 Å². The van der Waals surface area contributed by atoms with E-state index in [1.165, 1.54) is 6.08 Å². The fourth-order valence-electron chi connectivity index (χ4n) is 1.24. The molecule has 0 unspecified atom stereocenters. The molecule has 1 aliphatic heterocycles. The van der Waals surface area contributed by atoms with E-state index in [0.29, 0.717) is 0 Å². The number of carbonyl (C=O) groups is 1. The first-order valence-electron chi connectivity index (χ1n) is 5.26. The smallest absolute Gasteiger partial charge is 0.348 e. The van der Waals surface area contributed by atoms with E-state index in [2.05, 4.69) is 0 Å². The van der Waals surface area contributed by atoms with Gasteiger partial charge in [-0.2, -0.15) is 5.26 Å². The number of ether oxygens (including phenoxy) is 1. The number of hydrogen-bond acceptors (Lipinski definition) is 4. The summed E-state index contributed by atoms with van der Waals surface area (Å²) in [6, 6.07) is 1.82. The Hall–Kier alpha value is -2.28. The lowest BCUT2D eigenvalue weighted by Crippen LogP contribution is -2.10. The lowest BCUT2D eigenvalue weighted by Gasteiger charge is -2.17. The third-order valence-corrected chi connectivity index (χ3v) is 2.13. The molecule has 4 nitrogen and oxygen atoms in total. The molecule has 0 saturated heterocycles. The lowest BCUT2D eigenvalue weighted by atomic mass is 10.2. The average molecular weight is 230 g/mol. The maximum absolute atomic E-state index is 11.3. The molecule has 0 saturated carbocycles. The number of carbonyl (C=O) groups excluding carboxylic acids is 1. The molecule has 0 aromatic heterocycles. The Morgan fingerprint density at radius 1 is 1.59 bits per heavy atom. The van der Waals surface area contributed by atoms with E-state index < -0.39 is 5.97 Å². The number of nitriles is 1. The monoisotopic (exact) mass is 230 g/mol. The van der Waals surface area contributed by atoms with E-state index in [4.69, 9.17) is 10.00 Å². The summed E-state index contributed by atoms with van der Waals surface area (Å²) in [5, 5.41) is 8.82. The van der Waals surface area contributed by atoms with Gasteiger partial charge in [0, 0.05) is 18.9 Å². The number of nitrogens with zero attached hydrogens (tertiary/aromatic N) is 2. The molecular weight excluding hydrogens is 216 g/mol. The Balaban J connectivity index is 2.84. The van der Waals surface area contributed by atoms with Crippen molar-refractivity contribution in [2.45, 2.75) is 6.92 Å². The predicted octanol–water partition coefficient (Wildman–Crippen LogP) is 1.90. The normalized spacial score (nSPS) is 17.1. The van der Waals surface area contributed by atoms with Crippen molar-refractivity contribution in [3.05, 3.63) is 47.9 Å². The Kier molecular flexibility index (Phi) is 4.77. The van der Waals surface area contributed by atoms with Gasteiger partial charge in [-0.3, -0.25) is 0 Å². The van der Waals surface area contributed by atoms with Gasteiger partial charge in [0.25, 0.3) is 0 Å². The van der Waals surface area contributed by atoms with Gasteiger partial charge in [0.2, 0.25) is 0 Å². The Morgan fingerprint density at radius 2 is 2.35 bits per heavy atom. The number of allylic oxidation sites excluding steroid dienone is 5. The summed E-state index contributed by atoms with van der Waals surface area (Å²) in [5.74, 6) is -0.593. The van der Waals surface area contributed by atoms with E-state index >= 15 is 0 Å². The molecule has 0 aromatic rings. The molecule has 4 heteroatoms. The Labute approximate surface area is 101 Å². The van der Waals surface area contributed by atoms with Crippen molar-refractivity contribution in [3.63, 3.8) is 0 Å². The van der Waals surface area contributed by atoms with Gasteiger partial charge < -0.3 is 9.64 Å². The zero-order valence-electron chi connectivity index (χ0n) is 9.88. The van der Waals surface area contributed by atoms with Crippen molar-refractivity contribution in [1.82, 2.24) is 4.90 Å². The second-order valence-electron chi connectivity index (χ2n) is 3.32. The van der Waals surface area contributed by atoms with Crippen LogP contribution < -0.4 is 0 Å². The number of esters is 1. The zero-order chi connectivity index (χ0) is 12.7. The van der Waals surface area contributed by atoms with Crippen LogP contribution in [0.3, 0.4) is 0 Å². The van der Waals surface area contributed by atoms with E-state index in [0.717, 1.165) is 5.70 Å². The van der Waals surface area contributed by atoms with Gasteiger partial charge in [-0.15, -0.1) is 0 Å². The predicted molar refractivity (Wildman–Crippen MR) is 64.5 cm³/mol. The summed E-state index contributed by atoms with van der Waals surface area (Å²) in [7, 11) is 1.89. The summed E-state index contributed by atoms with van der Waals surface area (Å²) in [6.45, 7) is 1.96. The van der Waals surface area contributed by atoms with Gasteiger partial charge in [0.05, 0.1) is 6.61 Å². The highest BCUT2D eigenvalue weighted by Gasteiger charge is 2.08. The first-order valence-corrected chi connectivity index (χ1v) is 5.26. The molecule has 1 aliphatic rings. The van der Waals surface area contributed by atoms with Gasteiger partial charge in [-0.05, 0) is 31.2 Å². The summed E-state index contributed by atoms with van der Waals surface area (Å²) < 4.78 is 4.76. The van der Waals surface area contributed by atoms with Crippen molar-refractivity contribution < 1.29 is 9.53 Å². The molecule has 0 atom stereocenters. The molecule has 0 N–H and O–H groups in total. The summed E-state index contributed by atoms with van der Waals surface area (Å²) in [6.07, 6.45) is 10.7. The number of rotatable bonds is 3. The molecule has 0 spiro atoms. The molecule has 1 rings (SSSR count). The van der Waals surface area contributed by atoms with Gasteiger partial charge in [-0.25, -0.2) is 4.79 Å². The molecule has 17 heavy (non-hydrogen) atoms. The summed E-state index contributed by atoms with van der Waals surface area (Å²) >= 11 is 0. The first-order chi connectivity index (χ1) is 8.19. The highest BCUT2D eigenvalue weighted by atomic mass is 16.5. The van der Waals surface area contributed by atoms with Crippen LogP contribution in [0.1, 0.15) is 6.92 Å². The van der Waals surface area contributed by atoms with Crippen LogP contribution in [0.15, 0.2) is 47.9 Å². The van der Waals surface area contributed by atoms with Crippen LogP contribution >= 0.6 is 0 Å². The maximum atomic E-state index is 11.3. The Bertz CT molecular complexity index is 451. The van der Waals surface area contributed by atoms with Crippen LogP contribution in [0.2, 0.25) is 0 Å². The standard InChI is InChI=1S/C13H14N2O2/c1-3-17-13(16)11(10-14)7-8-12-6-4-5-9-15(12)2/h4-9H,3H2,1-2H3/b11-7?,12-8+. The second kappa shape index (κ2) is 6.33. The van der Waals surface area contributed by atoms with E-state index in [-0.39, 0.29) is 12.2 Å². The second-order valence-corrected chi connectivity index (χ2v) is 3.32. The highest BCUT2D eigenvalue weighted by Crippen LogP contribution is 2.10. The molecule has 0 amide bonds. The van der Waals surface area contributed by atoms with Crippen LogP contribution in [0, 0.1) is 11.3 Å². The van der Waals surface area contributed by atoms with Gasteiger partial charge in [0.15, 0.2) is 0 Å². The number of hydrogen-bond donors (Lipinski definition) is 0. The van der Waals surface area contributed by atoms with Crippen molar-refractivity contribution in [3.8, 4) is 6.07 Å². The fourth-order valence-corrected chi connectivity index (χ4v) is 1.24. The molecule has 88 valence electrons. The van der Waals surface area contributed by atoms with Gasteiger partial charge in [0.1, 0.15) is 11.6 Å². The fraction of sp³-hybridized carbons (Fsp3) is 0.231. The van der Waals surface area contributed by atoms with Crippen LogP contribution in [-0.2, 0) is 9.53 Å². The third kappa shape index (κ3) is 3.65. The topological polar surface area (TPSA) is 53.3 Å². The maximum Gasteiger partial charge on any atom is 0.348 e. The van der Waals surface area contributed by atoms with Crippen molar-refractivity contribution >= 4 is 5.97 Å². The van der Waals surface area contributed by atoms with Crippen molar-refractivity contribution in [2.24, 2.45) is 0 Å². The molecule has 0 bridgehead atoms. The van der Waals surface area contributed by atoms with E-state index in [1.807, 2.05) is 42.4 Å². The molecule has 0 radical (unpaired) electrons. The minimum Gasteiger partial charge on any atom is -0.462 e. The molecule has 1 heterocycles. The van der Waals surface area contributed by atoms with Crippen molar-refractivity contribution in [1.29, 1.82) is 5.26 Å². The average Bonchev–Trinajstić information content (AvgIpc) is 2.32. The van der Waals surface area contributed by atoms with E-state index in [9.17, 15) is 4.79 Å². The van der Waals surface area contributed by atoms with Crippen LogP contribution in [-0.4, -0.2) is 24.5 Å². The lowest BCUT2D eigenvalue weighted by molar-refractivity contribution is -0.138. The quantitative estimate of drug-likeness (QED) is 0.422. The SMILES string of the molecule is CCOC(=O)C(C#N)=C/C=C1\C=CC=CN1C. The molecule has 0 aliphatic carbocycles. The molecular formula is C13H14N2O2. The minimum absolute atomic E-state index is 0.00398. The third-order valence-electron chi connectivity index (χ3n) is 2.13.